The smallest absolute Gasteiger partial charge is 0.236 e. The van der Waals surface area contributed by atoms with Crippen molar-refractivity contribution >= 4 is 5.91 Å². The van der Waals surface area contributed by atoms with Crippen LogP contribution in [0.4, 0.5) is 0 Å². The van der Waals surface area contributed by atoms with Crippen molar-refractivity contribution in [1.29, 1.82) is 0 Å². The Kier molecular flexibility index (Phi) is 5.01. The third-order valence-electron chi connectivity index (χ3n) is 4.39. The van der Waals surface area contributed by atoms with Gasteiger partial charge < -0.3 is 10.0 Å². The molecule has 0 bridgehead atoms. The van der Waals surface area contributed by atoms with Crippen LogP contribution in [0.2, 0.25) is 0 Å². The molecule has 1 heterocycles. The van der Waals surface area contributed by atoms with Crippen LogP contribution < -0.4 is 0 Å². The molecule has 0 saturated carbocycles. The summed E-state index contributed by atoms with van der Waals surface area (Å²) < 4.78 is 0. The highest BCUT2D eigenvalue weighted by atomic mass is 16.3. The zero-order valence-corrected chi connectivity index (χ0v) is 13.3. The minimum absolute atomic E-state index is 0.139. The van der Waals surface area contributed by atoms with E-state index in [4.69, 9.17) is 0 Å². The number of carbonyl (C=O) groups is 1. The molecule has 1 aliphatic heterocycles. The fourth-order valence-electron chi connectivity index (χ4n) is 2.64. The van der Waals surface area contributed by atoms with Gasteiger partial charge in [0.1, 0.15) is 0 Å². The van der Waals surface area contributed by atoms with Crippen molar-refractivity contribution in [3.8, 4) is 0 Å². The number of piperidine rings is 1. The van der Waals surface area contributed by atoms with Crippen molar-refractivity contribution in [1.82, 2.24) is 9.80 Å². The summed E-state index contributed by atoms with van der Waals surface area (Å²) in [4.78, 5) is 16.2. The molecule has 116 valence electrons. The van der Waals surface area contributed by atoms with Crippen LogP contribution >= 0.6 is 0 Å². The Balaban J connectivity index is 1.85. The van der Waals surface area contributed by atoms with Crippen molar-refractivity contribution in [2.45, 2.75) is 38.8 Å². The fourth-order valence-corrected chi connectivity index (χ4v) is 2.64. The highest BCUT2D eigenvalue weighted by molar-refractivity contribution is 5.78. The average molecular weight is 290 g/mol. The van der Waals surface area contributed by atoms with Gasteiger partial charge in [-0.2, -0.15) is 0 Å². The number of benzene rings is 1. The number of aryl methyl sites for hydroxylation is 1. The van der Waals surface area contributed by atoms with E-state index in [1.807, 2.05) is 26.1 Å². The third kappa shape index (κ3) is 4.55. The summed E-state index contributed by atoms with van der Waals surface area (Å²) in [6, 6.07) is 8.16. The molecule has 4 heteroatoms. The van der Waals surface area contributed by atoms with Gasteiger partial charge in [-0.05, 0) is 37.8 Å². The summed E-state index contributed by atoms with van der Waals surface area (Å²) in [6.45, 7) is 6.61. The Labute approximate surface area is 127 Å². The van der Waals surface area contributed by atoms with Gasteiger partial charge in [0.15, 0.2) is 0 Å². The fraction of sp³-hybridized carbons (Fsp3) is 0.588. The van der Waals surface area contributed by atoms with Gasteiger partial charge in [0.2, 0.25) is 5.91 Å². The molecule has 2 rings (SSSR count). The zero-order valence-electron chi connectivity index (χ0n) is 13.3. The van der Waals surface area contributed by atoms with Gasteiger partial charge in [0, 0.05) is 26.7 Å². The predicted molar refractivity (Wildman–Crippen MR) is 84.0 cm³/mol. The van der Waals surface area contributed by atoms with Crippen LogP contribution in [0, 0.1) is 6.92 Å². The molecule has 1 aromatic rings. The quantitative estimate of drug-likeness (QED) is 0.919. The van der Waals surface area contributed by atoms with Crippen LogP contribution in [-0.2, 0) is 11.3 Å². The van der Waals surface area contributed by atoms with Gasteiger partial charge in [-0.1, -0.05) is 24.3 Å². The minimum Gasteiger partial charge on any atom is -0.390 e. The molecular weight excluding hydrogens is 264 g/mol. The molecule has 1 fully saturated rings. The van der Waals surface area contributed by atoms with E-state index < -0.39 is 5.60 Å². The molecule has 4 nitrogen and oxygen atoms in total. The van der Waals surface area contributed by atoms with Crippen LogP contribution in [0.3, 0.4) is 0 Å². The van der Waals surface area contributed by atoms with Crippen LogP contribution in [0.15, 0.2) is 24.3 Å². The number of likely N-dealkylation sites (N-methyl/N-ethyl adjacent to an activating group) is 1. The summed E-state index contributed by atoms with van der Waals surface area (Å²) in [7, 11) is 1.86. The van der Waals surface area contributed by atoms with Gasteiger partial charge in [0.05, 0.1) is 12.1 Å². The molecular formula is C17H26N2O2. The second-order valence-corrected chi connectivity index (χ2v) is 6.45. The lowest BCUT2D eigenvalue weighted by molar-refractivity contribution is -0.132. The van der Waals surface area contributed by atoms with E-state index in [2.05, 4.69) is 24.0 Å². The van der Waals surface area contributed by atoms with Gasteiger partial charge in [0.25, 0.3) is 0 Å². The van der Waals surface area contributed by atoms with Gasteiger partial charge in [-0.15, -0.1) is 0 Å². The number of rotatable bonds is 4. The lowest BCUT2D eigenvalue weighted by Crippen LogP contribution is -2.46. The maximum Gasteiger partial charge on any atom is 0.236 e. The third-order valence-corrected chi connectivity index (χ3v) is 4.39. The summed E-state index contributed by atoms with van der Waals surface area (Å²) >= 11 is 0. The van der Waals surface area contributed by atoms with E-state index in [0.717, 1.165) is 25.9 Å². The molecule has 1 N–H and O–H groups in total. The van der Waals surface area contributed by atoms with Gasteiger partial charge >= 0.3 is 0 Å². The molecule has 0 unspecified atom stereocenters. The molecule has 0 aromatic heterocycles. The molecule has 0 aliphatic carbocycles. The molecule has 1 saturated heterocycles. The van der Waals surface area contributed by atoms with E-state index >= 15 is 0 Å². The summed E-state index contributed by atoms with van der Waals surface area (Å²) in [5, 5.41) is 9.94. The van der Waals surface area contributed by atoms with Crippen LogP contribution in [0.25, 0.3) is 0 Å². The first-order valence-corrected chi connectivity index (χ1v) is 7.61. The van der Waals surface area contributed by atoms with E-state index in [9.17, 15) is 9.90 Å². The first-order chi connectivity index (χ1) is 9.87. The lowest BCUT2D eigenvalue weighted by Gasteiger charge is -2.36. The number of nitrogens with zero attached hydrogens (tertiary/aromatic N) is 2. The maximum absolute atomic E-state index is 12.3. The van der Waals surface area contributed by atoms with E-state index in [1.165, 1.54) is 11.1 Å². The molecule has 1 amide bonds. The number of amides is 1. The Hall–Kier alpha value is -1.39. The van der Waals surface area contributed by atoms with E-state index in [0.29, 0.717) is 13.1 Å². The SMILES string of the molecule is Cc1ccccc1CN(C)C(=O)CN1CCC(C)(O)CC1. The van der Waals surface area contributed by atoms with Gasteiger partial charge in [-0.3, -0.25) is 9.69 Å². The first kappa shape index (κ1) is 16.0. The Morgan fingerprint density at radius 1 is 1.33 bits per heavy atom. The number of hydrogen-bond donors (Lipinski definition) is 1. The van der Waals surface area contributed by atoms with Crippen LogP contribution in [0.5, 0.6) is 0 Å². The Bertz CT molecular complexity index is 489. The Morgan fingerprint density at radius 2 is 1.95 bits per heavy atom. The first-order valence-electron chi connectivity index (χ1n) is 7.61. The lowest BCUT2D eigenvalue weighted by atomic mass is 9.94. The Morgan fingerprint density at radius 3 is 2.57 bits per heavy atom. The number of aliphatic hydroxyl groups is 1. The highest BCUT2D eigenvalue weighted by Gasteiger charge is 2.28. The largest absolute Gasteiger partial charge is 0.390 e. The van der Waals surface area contributed by atoms with Crippen molar-refractivity contribution in [3.05, 3.63) is 35.4 Å². The van der Waals surface area contributed by atoms with Crippen molar-refractivity contribution in [2.75, 3.05) is 26.7 Å². The zero-order chi connectivity index (χ0) is 15.5. The number of hydrogen-bond acceptors (Lipinski definition) is 3. The predicted octanol–water partition coefficient (Wildman–Crippen LogP) is 1.80. The van der Waals surface area contributed by atoms with Crippen LogP contribution in [-0.4, -0.2) is 53.1 Å². The molecule has 0 atom stereocenters. The minimum atomic E-state index is -0.563. The second-order valence-electron chi connectivity index (χ2n) is 6.45. The number of carbonyl (C=O) groups excluding carboxylic acids is 1. The molecule has 0 radical (unpaired) electrons. The molecule has 0 spiro atoms. The molecule has 1 aliphatic rings. The maximum atomic E-state index is 12.3. The molecule has 1 aromatic carbocycles. The van der Waals surface area contributed by atoms with Crippen molar-refractivity contribution in [3.63, 3.8) is 0 Å². The van der Waals surface area contributed by atoms with Gasteiger partial charge in [-0.25, -0.2) is 0 Å². The summed E-state index contributed by atoms with van der Waals surface area (Å²) in [6.07, 6.45) is 1.48. The van der Waals surface area contributed by atoms with Crippen molar-refractivity contribution in [2.24, 2.45) is 0 Å². The molecule has 21 heavy (non-hydrogen) atoms. The van der Waals surface area contributed by atoms with Crippen molar-refractivity contribution < 1.29 is 9.90 Å². The second kappa shape index (κ2) is 6.58. The standard InChI is InChI=1S/C17H26N2O2/c1-14-6-4-5-7-15(14)12-18(3)16(20)13-19-10-8-17(2,21)9-11-19/h4-7,21H,8-13H2,1-3H3. The highest BCUT2D eigenvalue weighted by Crippen LogP contribution is 2.21. The summed E-state index contributed by atoms with van der Waals surface area (Å²) in [5.41, 5.74) is 1.84. The van der Waals surface area contributed by atoms with E-state index in [-0.39, 0.29) is 5.91 Å². The number of likely N-dealkylation sites (tertiary alicyclic amines) is 1. The van der Waals surface area contributed by atoms with Crippen LogP contribution in [0.1, 0.15) is 30.9 Å². The normalized spacial score (nSPS) is 18.5. The average Bonchev–Trinajstić information content (AvgIpc) is 2.43. The van der Waals surface area contributed by atoms with E-state index in [1.54, 1.807) is 4.90 Å². The monoisotopic (exact) mass is 290 g/mol. The topological polar surface area (TPSA) is 43.8 Å². The summed E-state index contributed by atoms with van der Waals surface area (Å²) in [5.74, 6) is 0.139.